The number of nitrogens with zero attached hydrogens (tertiary/aromatic N) is 1. The molecule has 1 amide bonds. The first kappa shape index (κ1) is 13.4. The second kappa shape index (κ2) is 5.58. The Morgan fingerprint density at radius 2 is 2.00 bits per heavy atom. The van der Waals surface area contributed by atoms with Crippen LogP contribution >= 0.6 is 0 Å². The topological polar surface area (TPSA) is 110 Å². The van der Waals surface area contributed by atoms with Crippen LogP contribution in [0.25, 0.3) is 6.08 Å². The van der Waals surface area contributed by atoms with Gasteiger partial charge in [-0.15, -0.1) is 0 Å². The first-order chi connectivity index (χ1) is 8.41. The molecule has 0 aliphatic rings. The molecule has 0 fully saturated rings. The summed E-state index contributed by atoms with van der Waals surface area (Å²) in [6.45, 7) is 1.15. The zero-order valence-electron chi connectivity index (χ0n) is 9.41. The van der Waals surface area contributed by atoms with Crippen LogP contribution in [0.1, 0.15) is 12.5 Å². The number of nitrogens with one attached hydrogen (secondary N) is 1. The normalized spacial score (nSPS) is 10.8. The molecule has 0 atom stereocenters. The SMILES string of the molecule is CC(=O)NC(=Cc1ccccc1[N+](=O)[O-])C(=O)O. The fourth-order valence-corrected chi connectivity index (χ4v) is 1.27. The summed E-state index contributed by atoms with van der Waals surface area (Å²) in [7, 11) is 0. The summed E-state index contributed by atoms with van der Waals surface area (Å²) < 4.78 is 0. The van der Waals surface area contributed by atoms with Gasteiger partial charge in [0.2, 0.25) is 5.91 Å². The number of nitro benzene ring substituents is 1. The summed E-state index contributed by atoms with van der Waals surface area (Å²) in [4.78, 5) is 31.8. The number of carbonyl (C=O) groups is 2. The van der Waals surface area contributed by atoms with E-state index in [4.69, 9.17) is 5.11 Å². The Morgan fingerprint density at radius 3 is 2.50 bits per heavy atom. The van der Waals surface area contributed by atoms with Crippen LogP contribution < -0.4 is 5.32 Å². The summed E-state index contributed by atoms with van der Waals surface area (Å²) in [5.41, 5.74) is -0.549. The number of amides is 1. The third kappa shape index (κ3) is 3.41. The summed E-state index contributed by atoms with van der Waals surface area (Å²) in [5.74, 6) is -1.94. The lowest BCUT2D eigenvalue weighted by molar-refractivity contribution is -0.385. The van der Waals surface area contributed by atoms with Gasteiger partial charge < -0.3 is 10.4 Å². The molecule has 0 saturated heterocycles. The van der Waals surface area contributed by atoms with Crippen molar-refractivity contribution in [3.63, 3.8) is 0 Å². The van der Waals surface area contributed by atoms with Crippen molar-refractivity contribution in [1.82, 2.24) is 5.32 Å². The number of hydrogen-bond donors (Lipinski definition) is 2. The van der Waals surface area contributed by atoms with E-state index in [0.29, 0.717) is 0 Å². The largest absolute Gasteiger partial charge is 0.477 e. The Labute approximate surface area is 102 Å². The predicted octanol–water partition coefficient (Wildman–Crippen LogP) is 1.16. The molecule has 0 radical (unpaired) electrons. The molecule has 1 rings (SSSR count). The zero-order chi connectivity index (χ0) is 13.7. The van der Waals surface area contributed by atoms with Crippen molar-refractivity contribution in [2.45, 2.75) is 6.92 Å². The van der Waals surface area contributed by atoms with Gasteiger partial charge in [0.1, 0.15) is 5.70 Å². The Hall–Kier alpha value is -2.70. The number of carboxylic acids is 1. The van der Waals surface area contributed by atoms with Crippen molar-refractivity contribution in [3.05, 3.63) is 45.6 Å². The van der Waals surface area contributed by atoms with Gasteiger partial charge in [-0.1, -0.05) is 12.1 Å². The molecule has 0 aliphatic heterocycles. The highest BCUT2D eigenvalue weighted by Gasteiger charge is 2.14. The van der Waals surface area contributed by atoms with Crippen molar-refractivity contribution < 1.29 is 19.6 Å². The van der Waals surface area contributed by atoms with Gasteiger partial charge in [-0.3, -0.25) is 14.9 Å². The molecule has 7 heteroatoms. The number of aliphatic carboxylic acids is 1. The first-order valence-corrected chi connectivity index (χ1v) is 4.88. The van der Waals surface area contributed by atoms with E-state index in [0.717, 1.165) is 13.0 Å². The molecular weight excluding hydrogens is 240 g/mol. The third-order valence-electron chi connectivity index (χ3n) is 1.97. The highest BCUT2D eigenvalue weighted by atomic mass is 16.6. The first-order valence-electron chi connectivity index (χ1n) is 4.88. The third-order valence-corrected chi connectivity index (χ3v) is 1.97. The summed E-state index contributed by atoms with van der Waals surface area (Å²) in [6, 6.07) is 5.64. The molecule has 0 saturated carbocycles. The Morgan fingerprint density at radius 1 is 1.39 bits per heavy atom. The molecule has 0 heterocycles. The van der Waals surface area contributed by atoms with E-state index in [-0.39, 0.29) is 11.3 Å². The molecule has 2 N–H and O–H groups in total. The molecular formula is C11H10N2O5. The minimum atomic E-state index is -1.37. The summed E-state index contributed by atoms with van der Waals surface area (Å²) in [6.07, 6.45) is 1.04. The van der Waals surface area contributed by atoms with Gasteiger partial charge in [-0.2, -0.15) is 0 Å². The van der Waals surface area contributed by atoms with E-state index in [1.807, 2.05) is 0 Å². The molecule has 0 bridgehead atoms. The number of para-hydroxylation sites is 1. The van der Waals surface area contributed by atoms with Gasteiger partial charge in [0.15, 0.2) is 0 Å². The number of carboxylic acid groups (broad SMARTS) is 1. The molecule has 0 aliphatic carbocycles. The van der Waals surface area contributed by atoms with Crippen molar-refractivity contribution in [2.24, 2.45) is 0 Å². The smallest absolute Gasteiger partial charge is 0.352 e. The van der Waals surface area contributed by atoms with E-state index in [1.165, 1.54) is 24.3 Å². The van der Waals surface area contributed by atoms with Crippen molar-refractivity contribution in [3.8, 4) is 0 Å². The van der Waals surface area contributed by atoms with Gasteiger partial charge in [-0.05, 0) is 12.1 Å². The number of rotatable bonds is 4. The van der Waals surface area contributed by atoms with E-state index < -0.39 is 22.5 Å². The quantitative estimate of drug-likeness (QED) is 0.473. The Kier molecular flexibility index (Phi) is 4.14. The monoisotopic (exact) mass is 250 g/mol. The predicted molar refractivity (Wildman–Crippen MR) is 62.5 cm³/mol. The second-order valence-electron chi connectivity index (χ2n) is 3.36. The molecule has 0 unspecified atom stereocenters. The lowest BCUT2D eigenvalue weighted by Crippen LogP contribution is -2.24. The number of benzene rings is 1. The minimum absolute atomic E-state index is 0.105. The van der Waals surface area contributed by atoms with E-state index in [9.17, 15) is 19.7 Å². The van der Waals surface area contributed by atoms with Crippen molar-refractivity contribution >= 4 is 23.6 Å². The summed E-state index contributed by atoms with van der Waals surface area (Å²) in [5, 5.41) is 21.7. The second-order valence-corrected chi connectivity index (χ2v) is 3.36. The fourth-order valence-electron chi connectivity index (χ4n) is 1.27. The molecule has 1 aromatic rings. The zero-order valence-corrected chi connectivity index (χ0v) is 9.41. The van der Waals surface area contributed by atoms with Gasteiger partial charge in [-0.25, -0.2) is 4.79 Å². The van der Waals surface area contributed by atoms with Gasteiger partial charge in [0, 0.05) is 13.0 Å². The molecule has 7 nitrogen and oxygen atoms in total. The maximum Gasteiger partial charge on any atom is 0.352 e. The van der Waals surface area contributed by atoms with Gasteiger partial charge >= 0.3 is 5.97 Å². The van der Waals surface area contributed by atoms with Crippen LogP contribution in [0.15, 0.2) is 30.0 Å². The summed E-state index contributed by atoms with van der Waals surface area (Å²) >= 11 is 0. The molecule has 0 aromatic heterocycles. The van der Waals surface area contributed by atoms with Crippen LogP contribution in [0.5, 0.6) is 0 Å². The number of nitro groups is 1. The highest BCUT2D eigenvalue weighted by Crippen LogP contribution is 2.20. The number of carbonyl (C=O) groups excluding carboxylic acids is 1. The van der Waals surface area contributed by atoms with Gasteiger partial charge in [0.25, 0.3) is 5.69 Å². The lowest BCUT2D eigenvalue weighted by Gasteiger charge is -2.03. The lowest BCUT2D eigenvalue weighted by atomic mass is 10.1. The molecule has 18 heavy (non-hydrogen) atoms. The average Bonchev–Trinajstić information content (AvgIpc) is 2.27. The van der Waals surface area contributed by atoms with Crippen LogP contribution in [-0.4, -0.2) is 21.9 Å². The Bertz CT molecular complexity index is 536. The van der Waals surface area contributed by atoms with Crippen LogP contribution in [-0.2, 0) is 9.59 Å². The van der Waals surface area contributed by atoms with Gasteiger partial charge in [0.05, 0.1) is 10.5 Å². The maximum absolute atomic E-state index is 10.9. The standard InChI is InChI=1S/C11H10N2O5/c1-7(14)12-9(11(15)16)6-8-4-2-3-5-10(8)13(17)18/h2-6H,1H3,(H,12,14)(H,15,16). The number of hydrogen-bond acceptors (Lipinski definition) is 4. The van der Waals surface area contributed by atoms with E-state index in [2.05, 4.69) is 5.32 Å². The van der Waals surface area contributed by atoms with Crippen molar-refractivity contribution in [2.75, 3.05) is 0 Å². The van der Waals surface area contributed by atoms with E-state index >= 15 is 0 Å². The Balaban J connectivity index is 3.23. The van der Waals surface area contributed by atoms with Crippen LogP contribution in [0.4, 0.5) is 5.69 Å². The van der Waals surface area contributed by atoms with Crippen molar-refractivity contribution in [1.29, 1.82) is 0 Å². The van der Waals surface area contributed by atoms with Crippen LogP contribution in [0, 0.1) is 10.1 Å². The molecule has 0 spiro atoms. The minimum Gasteiger partial charge on any atom is -0.477 e. The van der Waals surface area contributed by atoms with E-state index in [1.54, 1.807) is 0 Å². The highest BCUT2D eigenvalue weighted by molar-refractivity contribution is 5.96. The van der Waals surface area contributed by atoms with Crippen LogP contribution in [0.2, 0.25) is 0 Å². The van der Waals surface area contributed by atoms with Crippen LogP contribution in [0.3, 0.4) is 0 Å². The average molecular weight is 250 g/mol. The molecule has 94 valence electrons. The fraction of sp³-hybridized carbons (Fsp3) is 0.0909. The molecule has 1 aromatic carbocycles. The maximum atomic E-state index is 10.9.